The van der Waals surface area contributed by atoms with E-state index < -0.39 is 18.0 Å². The monoisotopic (exact) mass is 621 g/mol. The van der Waals surface area contributed by atoms with Crippen molar-refractivity contribution >= 4 is 35.4 Å². The predicted octanol–water partition coefficient (Wildman–Crippen LogP) is 2.08. The van der Waals surface area contributed by atoms with E-state index in [4.69, 9.17) is 4.52 Å². The smallest absolute Gasteiger partial charge is 0.253 e. The third kappa shape index (κ3) is 9.90. The molecule has 0 aliphatic carbocycles. The number of thioether (sulfide) groups is 1. The van der Waals surface area contributed by atoms with E-state index in [-0.39, 0.29) is 42.5 Å². The summed E-state index contributed by atoms with van der Waals surface area (Å²) in [5.41, 5.74) is 2.16. The molecule has 1 aliphatic heterocycles. The van der Waals surface area contributed by atoms with Gasteiger partial charge in [0.1, 0.15) is 6.04 Å². The number of benzene rings is 1. The highest BCUT2D eigenvalue weighted by atomic mass is 32.2. The minimum atomic E-state index is -0.832. The highest BCUT2D eigenvalue weighted by Crippen LogP contribution is 2.14. The summed E-state index contributed by atoms with van der Waals surface area (Å²) < 4.78 is 5.15. The van der Waals surface area contributed by atoms with E-state index in [2.05, 4.69) is 31.1 Å². The van der Waals surface area contributed by atoms with E-state index in [9.17, 15) is 19.2 Å². The maximum atomic E-state index is 13.7. The topological polar surface area (TPSA) is 159 Å². The minimum Gasteiger partial charge on any atom is -0.355 e. The summed E-state index contributed by atoms with van der Waals surface area (Å²) in [6.45, 7) is 5.75. The Labute approximate surface area is 261 Å². The minimum absolute atomic E-state index is 0.0774. The van der Waals surface area contributed by atoms with Crippen LogP contribution in [0.4, 0.5) is 0 Å². The van der Waals surface area contributed by atoms with Gasteiger partial charge < -0.3 is 25.4 Å². The largest absolute Gasteiger partial charge is 0.355 e. The van der Waals surface area contributed by atoms with Gasteiger partial charge in [0.2, 0.25) is 23.6 Å². The van der Waals surface area contributed by atoms with Crippen molar-refractivity contribution in [2.45, 2.75) is 57.9 Å². The van der Waals surface area contributed by atoms with Crippen molar-refractivity contribution in [3.8, 4) is 0 Å². The molecule has 2 aromatic heterocycles. The fourth-order valence-electron chi connectivity index (χ4n) is 4.84. The molecule has 0 spiro atoms. The second-order valence-electron chi connectivity index (χ2n) is 11.1. The first kappa shape index (κ1) is 32.6. The van der Waals surface area contributed by atoms with Crippen LogP contribution in [0.1, 0.15) is 53.5 Å². The molecule has 2 atom stereocenters. The van der Waals surface area contributed by atoms with Crippen LogP contribution in [0.2, 0.25) is 0 Å². The first-order valence-corrected chi connectivity index (χ1v) is 15.8. The van der Waals surface area contributed by atoms with Crippen molar-refractivity contribution in [3.05, 3.63) is 77.2 Å². The molecule has 0 saturated carbocycles. The summed E-state index contributed by atoms with van der Waals surface area (Å²) in [5.74, 6) is -0.190. The van der Waals surface area contributed by atoms with E-state index in [1.807, 2.05) is 44.2 Å². The fraction of sp³-hybridized carbons (Fsp3) is 0.452. The number of aromatic nitrogens is 3. The van der Waals surface area contributed by atoms with Gasteiger partial charge in [-0.15, -0.1) is 11.8 Å². The molecule has 1 aliphatic rings. The van der Waals surface area contributed by atoms with Gasteiger partial charge in [-0.1, -0.05) is 49.3 Å². The molecule has 234 valence electrons. The Morgan fingerprint density at radius 1 is 1.14 bits per heavy atom. The number of nitrogens with zero attached hydrogens (tertiary/aromatic N) is 4. The molecule has 0 radical (unpaired) electrons. The summed E-state index contributed by atoms with van der Waals surface area (Å²) in [6.07, 6.45) is 4.79. The van der Waals surface area contributed by atoms with Crippen LogP contribution in [-0.2, 0) is 33.0 Å². The number of carbonyl (C=O) groups excluding carboxylic acids is 4. The van der Waals surface area contributed by atoms with E-state index in [1.165, 1.54) is 22.9 Å². The molecule has 0 unspecified atom stereocenters. The van der Waals surface area contributed by atoms with Gasteiger partial charge >= 0.3 is 0 Å². The molecular formula is C31H39N7O5S. The van der Waals surface area contributed by atoms with Crippen molar-refractivity contribution in [2.75, 3.05) is 25.4 Å². The molecule has 12 nitrogen and oxygen atoms in total. The Bertz CT molecular complexity index is 1430. The van der Waals surface area contributed by atoms with Gasteiger partial charge in [-0.3, -0.25) is 24.2 Å². The second kappa shape index (κ2) is 16.0. The highest BCUT2D eigenvalue weighted by molar-refractivity contribution is 7.99. The summed E-state index contributed by atoms with van der Waals surface area (Å²) in [6, 6.07) is 9.98. The molecule has 1 aromatic carbocycles. The predicted molar refractivity (Wildman–Crippen MR) is 166 cm³/mol. The number of carbonyl (C=O) groups is 4. The summed E-state index contributed by atoms with van der Waals surface area (Å²) in [7, 11) is 0. The number of rotatable bonds is 7. The zero-order valence-corrected chi connectivity index (χ0v) is 26.1. The van der Waals surface area contributed by atoms with Gasteiger partial charge in [0.05, 0.1) is 29.7 Å². The standard InChI is InChI=1S/C31H39N7O5S/c1-20(2)29-31(42)35-25(13-22-8-5-4-6-9-22)16-38(28(40)19-44-18-27-34-21(3)37-43-27)17-26(39)33-11-7-10-23-12-24(15-32-14-23)30(41)36-29/h4-6,8-9,12,14-15,20,25,29H,7,10-11,13,16-19H2,1-3H3,(H,33,39)(H,35,42)(H,36,41)/t25-,29-/m1/s1. The number of fused-ring (bicyclic) bond motifs is 2. The maximum Gasteiger partial charge on any atom is 0.253 e. The molecule has 0 saturated heterocycles. The first-order chi connectivity index (χ1) is 21.2. The van der Waals surface area contributed by atoms with Crippen LogP contribution in [0.3, 0.4) is 0 Å². The van der Waals surface area contributed by atoms with Crippen LogP contribution >= 0.6 is 11.8 Å². The van der Waals surface area contributed by atoms with Gasteiger partial charge in [-0.25, -0.2) is 0 Å². The Balaban J connectivity index is 1.58. The lowest BCUT2D eigenvalue weighted by atomic mass is 10.0. The zero-order chi connectivity index (χ0) is 31.5. The normalized spacial score (nSPS) is 18.7. The molecule has 2 bridgehead atoms. The molecule has 4 amide bonds. The number of aryl methyl sites for hydroxylation is 2. The Morgan fingerprint density at radius 3 is 2.66 bits per heavy atom. The molecular weight excluding hydrogens is 582 g/mol. The van der Waals surface area contributed by atoms with Gasteiger partial charge in [0.25, 0.3) is 5.91 Å². The molecule has 4 rings (SSSR count). The van der Waals surface area contributed by atoms with Crippen LogP contribution in [0.15, 0.2) is 53.3 Å². The zero-order valence-electron chi connectivity index (χ0n) is 25.2. The van der Waals surface area contributed by atoms with Gasteiger partial charge in [0.15, 0.2) is 5.82 Å². The van der Waals surface area contributed by atoms with Crippen LogP contribution in [-0.4, -0.2) is 81.1 Å². The lowest BCUT2D eigenvalue weighted by Gasteiger charge is -2.30. The van der Waals surface area contributed by atoms with E-state index in [0.29, 0.717) is 48.8 Å². The molecule has 0 fully saturated rings. The van der Waals surface area contributed by atoms with Gasteiger partial charge in [0, 0.05) is 25.5 Å². The molecule has 3 heterocycles. The Hall–Kier alpha value is -4.26. The average molecular weight is 622 g/mol. The Kier molecular flexibility index (Phi) is 11.9. The first-order valence-electron chi connectivity index (χ1n) is 14.7. The lowest BCUT2D eigenvalue weighted by Crippen LogP contribution is -2.56. The highest BCUT2D eigenvalue weighted by Gasteiger charge is 2.29. The van der Waals surface area contributed by atoms with Gasteiger partial charge in [-0.05, 0) is 49.3 Å². The molecule has 13 heteroatoms. The van der Waals surface area contributed by atoms with Crippen molar-refractivity contribution in [3.63, 3.8) is 0 Å². The summed E-state index contributed by atoms with van der Waals surface area (Å²) >= 11 is 1.31. The number of hydrogen-bond acceptors (Lipinski definition) is 9. The lowest BCUT2D eigenvalue weighted by molar-refractivity contribution is -0.134. The Morgan fingerprint density at radius 2 is 1.93 bits per heavy atom. The number of pyridine rings is 1. The van der Waals surface area contributed by atoms with E-state index in [1.54, 1.807) is 19.2 Å². The second-order valence-corrected chi connectivity index (χ2v) is 12.1. The third-order valence-corrected chi connectivity index (χ3v) is 7.98. The van der Waals surface area contributed by atoms with Crippen LogP contribution < -0.4 is 16.0 Å². The van der Waals surface area contributed by atoms with Crippen molar-refractivity contribution in [1.29, 1.82) is 0 Å². The van der Waals surface area contributed by atoms with Gasteiger partial charge in [-0.2, -0.15) is 4.98 Å². The van der Waals surface area contributed by atoms with E-state index in [0.717, 1.165) is 11.1 Å². The van der Waals surface area contributed by atoms with Crippen LogP contribution in [0.5, 0.6) is 0 Å². The van der Waals surface area contributed by atoms with E-state index >= 15 is 0 Å². The third-order valence-electron chi connectivity index (χ3n) is 7.08. The number of nitrogens with one attached hydrogen (secondary N) is 3. The van der Waals surface area contributed by atoms with Crippen molar-refractivity contribution in [2.24, 2.45) is 5.92 Å². The fourth-order valence-corrected chi connectivity index (χ4v) is 5.60. The quantitative estimate of drug-likeness (QED) is 0.359. The summed E-state index contributed by atoms with van der Waals surface area (Å²) in [5, 5.41) is 12.6. The SMILES string of the molecule is Cc1noc(CSCC(=O)N2CC(=O)NCCCc3cncc(c3)C(=O)N[C@H](C(C)C)C(=O)N[C@H](Cc3ccccc3)C2)n1. The molecule has 3 N–H and O–H groups in total. The number of amides is 4. The summed E-state index contributed by atoms with van der Waals surface area (Å²) in [4.78, 5) is 63.3. The molecule has 3 aromatic rings. The maximum absolute atomic E-state index is 13.7. The molecule has 44 heavy (non-hydrogen) atoms. The average Bonchev–Trinajstić information content (AvgIpc) is 3.42. The van der Waals surface area contributed by atoms with Crippen LogP contribution in [0, 0.1) is 12.8 Å². The van der Waals surface area contributed by atoms with Crippen molar-refractivity contribution < 1.29 is 23.7 Å². The van der Waals surface area contributed by atoms with Crippen molar-refractivity contribution in [1.82, 2.24) is 36.0 Å². The number of hydrogen-bond donors (Lipinski definition) is 3. The van der Waals surface area contributed by atoms with Crippen LogP contribution in [0.25, 0.3) is 0 Å².